The van der Waals surface area contributed by atoms with Crippen molar-refractivity contribution in [3.05, 3.63) is 117 Å². The van der Waals surface area contributed by atoms with Gasteiger partial charge >= 0.3 is 0 Å². The van der Waals surface area contributed by atoms with Gasteiger partial charge in [0, 0.05) is 11.1 Å². The highest BCUT2D eigenvalue weighted by Crippen LogP contribution is 2.38. The zero-order valence-corrected chi connectivity index (χ0v) is 23.9. The summed E-state index contributed by atoms with van der Waals surface area (Å²) >= 11 is 12.9. The molecular weight excluding hydrogens is 590 g/mol. The van der Waals surface area contributed by atoms with Crippen molar-refractivity contribution in [3.63, 3.8) is 0 Å². The maximum Gasteiger partial charge on any atom is 0.294 e. The number of thiocarbonyl (C=S) groups is 1. The first-order valence-corrected chi connectivity index (χ1v) is 14.8. The number of H-pyrrole nitrogens is 1. The summed E-state index contributed by atoms with van der Waals surface area (Å²) in [6.07, 6.45) is 8.24. The first kappa shape index (κ1) is 27.8. The third-order valence-corrected chi connectivity index (χ3v) is 8.60. The Kier molecular flexibility index (Phi) is 7.67. The highest BCUT2D eigenvalue weighted by atomic mass is 35.5. The van der Waals surface area contributed by atoms with Crippen LogP contribution in [0.5, 0.6) is 0 Å². The minimum absolute atomic E-state index is 0.0771. The maximum atomic E-state index is 13.2. The molecule has 0 radical (unpaired) electrons. The van der Waals surface area contributed by atoms with Crippen LogP contribution in [0.1, 0.15) is 11.3 Å². The van der Waals surface area contributed by atoms with E-state index in [-0.39, 0.29) is 16.6 Å². The van der Waals surface area contributed by atoms with Crippen LogP contribution in [-0.4, -0.2) is 33.0 Å². The number of carbonyl (C=O) groups is 1. The zero-order valence-electron chi connectivity index (χ0n) is 20.7. The number of aromatic amines is 1. The zero-order chi connectivity index (χ0) is 28.6. The van der Waals surface area contributed by atoms with Crippen LogP contribution >= 0.6 is 35.6 Å². The first-order chi connectivity index (χ1) is 19.1. The van der Waals surface area contributed by atoms with Crippen LogP contribution < -0.4 is 10.5 Å². The fourth-order valence-electron chi connectivity index (χ4n) is 4.20. The SMILES string of the molecule is Cc1[nH]n(-c2cc(S(=O)(=O)O)ccc2Cl)c(=O)c1/C=C/C=C/C=C1\SC(=S)N(c2cccc3ccccc23)C1=O. The van der Waals surface area contributed by atoms with E-state index in [9.17, 15) is 22.6 Å². The number of anilines is 1. The predicted molar refractivity (Wildman–Crippen MR) is 164 cm³/mol. The van der Waals surface area contributed by atoms with Crippen LogP contribution in [0.2, 0.25) is 5.02 Å². The highest BCUT2D eigenvalue weighted by molar-refractivity contribution is 8.27. The molecule has 1 aromatic heterocycles. The van der Waals surface area contributed by atoms with Gasteiger partial charge < -0.3 is 0 Å². The number of carbonyl (C=O) groups excluding carboxylic acids is 1. The number of nitrogens with zero attached hydrogens (tertiary/aromatic N) is 2. The van der Waals surface area contributed by atoms with Gasteiger partial charge in [0.1, 0.15) is 0 Å². The molecule has 3 aromatic carbocycles. The average Bonchev–Trinajstić information content (AvgIpc) is 3.36. The van der Waals surface area contributed by atoms with Gasteiger partial charge in [-0.1, -0.05) is 90.2 Å². The fourth-order valence-corrected chi connectivity index (χ4v) is 6.14. The smallest absolute Gasteiger partial charge is 0.294 e. The van der Waals surface area contributed by atoms with Gasteiger partial charge in [-0.3, -0.25) is 24.1 Å². The molecule has 0 bridgehead atoms. The number of benzene rings is 3. The summed E-state index contributed by atoms with van der Waals surface area (Å²) < 4.78 is 33.9. The summed E-state index contributed by atoms with van der Waals surface area (Å²) in [5, 5.41) is 4.92. The second-order valence-corrected chi connectivity index (χ2v) is 12.2. The Morgan fingerprint density at radius 3 is 2.52 bits per heavy atom. The summed E-state index contributed by atoms with van der Waals surface area (Å²) in [6, 6.07) is 17.1. The molecule has 202 valence electrons. The van der Waals surface area contributed by atoms with E-state index in [0.717, 1.165) is 33.3 Å². The molecule has 2 heterocycles. The van der Waals surface area contributed by atoms with Gasteiger partial charge in [0.05, 0.1) is 31.8 Å². The summed E-state index contributed by atoms with van der Waals surface area (Å²) in [6.45, 7) is 1.68. The Hall–Kier alpha value is -3.74. The Bertz CT molecular complexity index is 1950. The van der Waals surface area contributed by atoms with Crippen LogP contribution in [-0.2, 0) is 14.9 Å². The second-order valence-electron chi connectivity index (χ2n) is 8.66. The van der Waals surface area contributed by atoms with Crippen molar-refractivity contribution in [1.29, 1.82) is 0 Å². The largest absolute Gasteiger partial charge is 0.295 e. The molecule has 5 rings (SSSR count). The summed E-state index contributed by atoms with van der Waals surface area (Å²) in [4.78, 5) is 27.8. The van der Waals surface area contributed by atoms with Crippen LogP contribution in [0.3, 0.4) is 0 Å². The molecule has 40 heavy (non-hydrogen) atoms. The van der Waals surface area contributed by atoms with Gasteiger partial charge in [0.25, 0.3) is 21.6 Å². The van der Waals surface area contributed by atoms with Gasteiger partial charge in [0.15, 0.2) is 4.32 Å². The summed E-state index contributed by atoms with van der Waals surface area (Å²) in [7, 11) is -4.48. The van der Waals surface area contributed by atoms with E-state index in [1.54, 1.807) is 37.3 Å². The van der Waals surface area contributed by atoms with E-state index < -0.39 is 20.6 Å². The molecule has 1 aliphatic rings. The van der Waals surface area contributed by atoms with Crippen LogP contribution in [0.25, 0.3) is 22.5 Å². The molecule has 4 aromatic rings. The van der Waals surface area contributed by atoms with E-state index in [2.05, 4.69) is 5.10 Å². The van der Waals surface area contributed by atoms with Crippen LogP contribution in [0, 0.1) is 6.92 Å². The number of thioether (sulfide) groups is 1. The van der Waals surface area contributed by atoms with Crippen molar-refractivity contribution in [1.82, 2.24) is 9.78 Å². The molecule has 12 heteroatoms. The maximum absolute atomic E-state index is 13.2. The standard InChI is InChI=1S/C28H20ClN3O5S3/c1-17-20(26(33)32(30-17)24-16-19(40(35,36)37)14-15-22(24)29)10-3-2-4-13-25-27(34)31(28(38)39-25)23-12-7-9-18-8-5-6-11-21(18)23/h2-16,30H,1H3,(H,35,36,37)/b4-2+,10-3+,25-13-. The Morgan fingerprint density at radius 2 is 1.75 bits per heavy atom. The number of hydrogen-bond donors (Lipinski definition) is 2. The van der Waals surface area contributed by atoms with E-state index in [0.29, 0.717) is 20.5 Å². The molecule has 0 aliphatic carbocycles. The lowest BCUT2D eigenvalue weighted by molar-refractivity contribution is -0.113. The third-order valence-electron chi connectivity index (χ3n) is 6.11. The number of hydrogen-bond acceptors (Lipinski definition) is 6. The van der Waals surface area contributed by atoms with E-state index in [1.807, 2.05) is 42.5 Å². The van der Waals surface area contributed by atoms with E-state index >= 15 is 0 Å². The third kappa shape index (κ3) is 5.34. The molecule has 0 unspecified atom stereocenters. The van der Waals surface area contributed by atoms with Crippen molar-refractivity contribution in [3.8, 4) is 5.69 Å². The van der Waals surface area contributed by atoms with Gasteiger partial charge in [-0.2, -0.15) is 8.42 Å². The van der Waals surface area contributed by atoms with Crippen LogP contribution in [0.15, 0.2) is 99.6 Å². The number of rotatable bonds is 6. The molecule has 1 saturated heterocycles. The average molecular weight is 610 g/mol. The second kappa shape index (κ2) is 11.0. The molecule has 2 N–H and O–H groups in total. The highest BCUT2D eigenvalue weighted by Gasteiger charge is 2.33. The number of aromatic nitrogens is 2. The number of halogens is 1. The Balaban J connectivity index is 1.36. The Labute approximate surface area is 244 Å². The lowest BCUT2D eigenvalue weighted by Gasteiger charge is -2.17. The lowest BCUT2D eigenvalue weighted by atomic mass is 10.1. The minimum atomic E-state index is -4.48. The van der Waals surface area contributed by atoms with Crippen LogP contribution in [0.4, 0.5) is 5.69 Å². The number of allylic oxidation sites excluding steroid dienone is 4. The fraction of sp³-hybridized carbons (Fsp3) is 0.0357. The van der Waals surface area contributed by atoms with Gasteiger partial charge in [0.2, 0.25) is 0 Å². The van der Waals surface area contributed by atoms with Crippen molar-refractivity contribution >= 4 is 78.5 Å². The van der Waals surface area contributed by atoms with E-state index in [4.69, 9.17) is 23.8 Å². The molecule has 0 spiro atoms. The number of fused-ring (bicyclic) bond motifs is 1. The molecule has 8 nitrogen and oxygen atoms in total. The number of aryl methyl sites for hydroxylation is 1. The van der Waals surface area contributed by atoms with E-state index in [1.165, 1.54) is 22.7 Å². The molecule has 1 fully saturated rings. The molecule has 1 amide bonds. The van der Waals surface area contributed by atoms with Crippen molar-refractivity contribution in [2.75, 3.05) is 4.90 Å². The first-order valence-electron chi connectivity index (χ1n) is 11.7. The monoisotopic (exact) mass is 609 g/mol. The Morgan fingerprint density at radius 1 is 1.00 bits per heavy atom. The van der Waals surface area contributed by atoms with Crippen molar-refractivity contribution < 1.29 is 17.8 Å². The van der Waals surface area contributed by atoms with Gasteiger partial charge in [-0.15, -0.1) is 0 Å². The molecule has 1 aliphatic heterocycles. The van der Waals surface area contributed by atoms with Crippen molar-refractivity contribution in [2.45, 2.75) is 11.8 Å². The normalized spacial score (nSPS) is 15.5. The quantitative estimate of drug-likeness (QED) is 0.118. The number of amides is 1. The molecule has 0 atom stereocenters. The summed E-state index contributed by atoms with van der Waals surface area (Å²) in [5.41, 5.74) is 1.18. The molecule has 0 saturated carbocycles. The minimum Gasteiger partial charge on any atom is -0.295 e. The van der Waals surface area contributed by atoms with Gasteiger partial charge in [-0.25, -0.2) is 4.68 Å². The molecular formula is C28H20ClN3O5S3. The predicted octanol–water partition coefficient (Wildman–Crippen LogP) is 6.05. The van der Waals surface area contributed by atoms with Gasteiger partial charge in [-0.05, 0) is 48.7 Å². The lowest BCUT2D eigenvalue weighted by Crippen LogP contribution is -2.27. The number of nitrogens with one attached hydrogen (secondary N) is 1. The van der Waals surface area contributed by atoms with Crippen molar-refractivity contribution in [2.24, 2.45) is 0 Å². The summed E-state index contributed by atoms with van der Waals surface area (Å²) in [5.74, 6) is -0.214. The topological polar surface area (TPSA) is 112 Å².